The van der Waals surface area contributed by atoms with Gasteiger partial charge in [0.15, 0.2) is 0 Å². The van der Waals surface area contributed by atoms with Gasteiger partial charge in [0.25, 0.3) is 11.5 Å². The van der Waals surface area contributed by atoms with Crippen molar-refractivity contribution in [3.8, 4) is 6.07 Å². The fourth-order valence-electron chi connectivity index (χ4n) is 4.19. The van der Waals surface area contributed by atoms with E-state index in [1.807, 2.05) is 66.9 Å². The van der Waals surface area contributed by atoms with Crippen LogP contribution >= 0.6 is 15.9 Å². The first-order valence-electron chi connectivity index (χ1n) is 11.6. The zero-order chi connectivity index (χ0) is 25.5. The second-order valence-electron chi connectivity index (χ2n) is 8.76. The summed E-state index contributed by atoms with van der Waals surface area (Å²) in [6.07, 6.45) is 0.601. The quantitative estimate of drug-likeness (QED) is 0.436. The van der Waals surface area contributed by atoms with Crippen LogP contribution < -0.4 is 11.3 Å². The van der Waals surface area contributed by atoms with Crippen LogP contribution in [0.15, 0.2) is 63.9 Å². The van der Waals surface area contributed by atoms with E-state index in [4.69, 9.17) is 5.73 Å². The number of amides is 1. The number of halogens is 1. The number of hydrogen-bond donors (Lipinski definition) is 1. The third-order valence-electron chi connectivity index (χ3n) is 5.96. The highest BCUT2D eigenvalue weighted by Crippen LogP contribution is 2.30. The molecule has 8 heteroatoms. The van der Waals surface area contributed by atoms with E-state index in [1.165, 1.54) is 0 Å². The van der Waals surface area contributed by atoms with Crippen LogP contribution in [-0.4, -0.2) is 33.4 Å². The van der Waals surface area contributed by atoms with Crippen molar-refractivity contribution in [2.75, 3.05) is 13.1 Å². The Labute approximate surface area is 214 Å². The average molecular weight is 536 g/mol. The number of rotatable bonds is 9. The molecule has 1 heterocycles. The van der Waals surface area contributed by atoms with Crippen LogP contribution in [0.5, 0.6) is 0 Å². The van der Waals surface area contributed by atoms with Gasteiger partial charge in [-0.05, 0) is 55.6 Å². The highest BCUT2D eigenvalue weighted by atomic mass is 79.9. The summed E-state index contributed by atoms with van der Waals surface area (Å²) in [7, 11) is 0. The molecule has 0 saturated heterocycles. The molecule has 0 fully saturated rings. The molecule has 1 atom stereocenters. The van der Waals surface area contributed by atoms with Crippen LogP contribution in [0.1, 0.15) is 59.3 Å². The molecule has 2 aromatic carbocycles. The van der Waals surface area contributed by atoms with Crippen molar-refractivity contribution in [3.05, 3.63) is 97.6 Å². The van der Waals surface area contributed by atoms with Crippen molar-refractivity contribution in [2.45, 2.75) is 39.8 Å². The fraction of sp³-hybridized carbons (Fsp3) is 0.333. The number of benzene rings is 2. The standard InChI is InChI=1S/C27H30BrN5O2/c1-18(2)24(32(15-7-14-29)27(35)21-10-12-22(28)13-11-21)25-31-26(34)23(16-30)19(3)33(25)17-20-8-5-4-6-9-20/h4-6,8-13,18,24H,7,14-15,17,29H2,1-3H3. The number of carbonyl (C=O) groups excluding carboxylic acids is 1. The van der Waals surface area contributed by atoms with Gasteiger partial charge in [-0.25, -0.2) is 0 Å². The van der Waals surface area contributed by atoms with Crippen LogP contribution in [0.2, 0.25) is 0 Å². The molecule has 182 valence electrons. The second kappa shape index (κ2) is 11.9. The van der Waals surface area contributed by atoms with Gasteiger partial charge in [0.05, 0.1) is 6.04 Å². The lowest BCUT2D eigenvalue weighted by molar-refractivity contribution is 0.0601. The van der Waals surface area contributed by atoms with E-state index in [1.54, 1.807) is 24.0 Å². The van der Waals surface area contributed by atoms with Crippen LogP contribution in [0.3, 0.4) is 0 Å². The zero-order valence-electron chi connectivity index (χ0n) is 20.2. The van der Waals surface area contributed by atoms with Gasteiger partial charge in [-0.2, -0.15) is 10.2 Å². The normalized spacial score (nSPS) is 11.8. The molecule has 1 unspecified atom stereocenters. The molecule has 0 aliphatic heterocycles. The molecular formula is C27H30BrN5O2. The lowest BCUT2D eigenvalue weighted by Gasteiger charge is -2.36. The summed E-state index contributed by atoms with van der Waals surface area (Å²) in [5.74, 6) is 0.244. The monoisotopic (exact) mass is 535 g/mol. The minimum absolute atomic E-state index is 0.0138. The number of aromatic nitrogens is 2. The Hall–Kier alpha value is -3.28. The fourth-order valence-corrected chi connectivity index (χ4v) is 4.45. The van der Waals surface area contributed by atoms with Crippen molar-refractivity contribution >= 4 is 21.8 Å². The smallest absolute Gasteiger partial charge is 0.291 e. The zero-order valence-corrected chi connectivity index (χ0v) is 21.8. The molecule has 1 aromatic heterocycles. The van der Waals surface area contributed by atoms with E-state index >= 15 is 0 Å². The summed E-state index contributed by atoms with van der Waals surface area (Å²) in [5.41, 5.74) is 7.33. The summed E-state index contributed by atoms with van der Waals surface area (Å²) in [4.78, 5) is 32.8. The largest absolute Gasteiger partial charge is 0.330 e. The first-order chi connectivity index (χ1) is 16.8. The summed E-state index contributed by atoms with van der Waals surface area (Å²) in [6, 6.07) is 18.5. The van der Waals surface area contributed by atoms with Gasteiger partial charge >= 0.3 is 0 Å². The Morgan fingerprint density at radius 1 is 1.17 bits per heavy atom. The molecule has 35 heavy (non-hydrogen) atoms. The molecule has 0 bridgehead atoms. The minimum Gasteiger partial charge on any atom is -0.330 e. The molecule has 0 radical (unpaired) electrons. The summed E-state index contributed by atoms with van der Waals surface area (Å²) >= 11 is 3.42. The topological polar surface area (TPSA) is 105 Å². The average Bonchev–Trinajstić information content (AvgIpc) is 2.84. The lowest BCUT2D eigenvalue weighted by atomic mass is 9.98. The van der Waals surface area contributed by atoms with E-state index in [-0.39, 0.29) is 17.4 Å². The van der Waals surface area contributed by atoms with Gasteiger partial charge < -0.3 is 15.2 Å². The highest BCUT2D eigenvalue weighted by Gasteiger charge is 2.33. The minimum atomic E-state index is -0.579. The van der Waals surface area contributed by atoms with E-state index in [2.05, 4.69) is 20.9 Å². The lowest BCUT2D eigenvalue weighted by Crippen LogP contribution is -2.42. The first kappa shape index (κ1) is 26.3. The Bertz CT molecular complexity index is 1260. The molecule has 0 aliphatic rings. The number of nitrogens with zero attached hydrogens (tertiary/aromatic N) is 4. The van der Waals surface area contributed by atoms with Crippen LogP contribution in [0.4, 0.5) is 0 Å². The van der Waals surface area contributed by atoms with Gasteiger partial charge in [0, 0.05) is 28.8 Å². The predicted octanol–water partition coefficient (Wildman–Crippen LogP) is 4.42. The van der Waals surface area contributed by atoms with Crippen LogP contribution in [0, 0.1) is 24.2 Å². The maximum atomic E-state index is 13.7. The Kier molecular flexibility index (Phi) is 8.96. The van der Waals surface area contributed by atoms with Gasteiger partial charge in [-0.15, -0.1) is 0 Å². The molecule has 2 N–H and O–H groups in total. The van der Waals surface area contributed by atoms with Gasteiger partial charge in [0.2, 0.25) is 0 Å². The van der Waals surface area contributed by atoms with Crippen molar-refractivity contribution in [1.82, 2.24) is 14.5 Å². The first-order valence-corrected chi connectivity index (χ1v) is 12.4. The Balaban J connectivity index is 2.21. The maximum absolute atomic E-state index is 13.7. The molecule has 0 saturated carbocycles. The maximum Gasteiger partial charge on any atom is 0.291 e. The SMILES string of the molecule is Cc1c(C#N)c(=O)nc(C(C(C)C)N(CCCN)C(=O)c2ccc(Br)cc2)n1Cc1ccccc1. The Morgan fingerprint density at radius 3 is 2.40 bits per heavy atom. The third-order valence-corrected chi connectivity index (χ3v) is 6.48. The summed E-state index contributed by atoms with van der Waals surface area (Å²) < 4.78 is 2.77. The molecule has 3 rings (SSSR count). The predicted molar refractivity (Wildman–Crippen MR) is 140 cm³/mol. The van der Waals surface area contributed by atoms with Gasteiger partial charge in [-0.1, -0.05) is 60.1 Å². The van der Waals surface area contributed by atoms with Crippen LogP contribution in [0.25, 0.3) is 0 Å². The second-order valence-corrected chi connectivity index (χ2v) is 9.67. The highest BCUT2D eigenvalue weighted by molar-refractivity contribution is 9.10. The van der Waals surface area contributed by atoms with Crippen molar-refractivity contribution in [1.29, 1.82) is 5.26 Å². The van der Waals surface area contributed by atoms with E-state index in [9.17, 15) is 14.9 Å². The number of nitriles is 1. The molecule has 0 spiro atoms. The summed E-state index contributed by atoms with van der Waals surface area (Å²) in [6.45, 7) is 7.01. The molecule has 3 aromatic rings. The number of hydrogen-bond acceptors (Lipinski definition) is 5. The molecule has 7 nitrogen and oxygen atoms in total. The number of carbonyl (C=O) groups is 1. The van der Waals surface area contributed by atoms with Gasteiger partial charge in [0.1, 0.15) is 17.5 Å². The number of nitrogens with two attached hydrogens (primary N) is 1. The van der Waals surface area contributed by atoms with E-state index in [0.717, 1.165) is 10.0 Å². The molecule has 1 amide bonds. The van der Waals surface area contributed by atoms with Crippen molar-refractivity contribution in [2.24, 2.45) is 11.7 Å². The summed E-state index contributed by atoms with van der Waals surface area (Å²) in [5, 5.41) is 9.63. The molecular weight excluding hydrogens is 506 g/mol. The van der Waals surface area contributed by atoms with Crippen molar-refractivity contribution < 1.29 is 4.79 Å². The Morgan fingerprint density at radius 2 is 1.83 bits per heavy atom. The molecule has 0 aliphatic carbocycles. The van der Waals surface area contributed by atoms with E-state index < -0.39 is 11.6 Å². The third kappa shape index (κ3) is 6.05. The van der Waals surface area contributed by atoms with Crippen molar-refractivity contribution in [3.63, 3.8) is 0 Å². The van der Waals surface area contributed by atoms with Gasteiger partial charge in [-0.3, -0.25) is 9.59 Å². The van der Waals surface area contributed by atoms with Crippen LogP contribution in [-0.2, 0) is 6.54 Å². The van der Waals surface area contributed by atoms with E-state index in [0.29, 0.717) is 43.1 Å².